The third-order valence-electron chi connectivity index (χ3n) is 2.71. The molecule has 108 valence electrons. The Balaban J connectivity index is 2.20. The van der Waals surface area contributed by atoms with Gasteiger partial charge >= 0.3 is 6.18 Å². The first-order chi connectivity index (χ1) is 9.90. The lowest BCUT2D eigenvalue weighted by Crippen LogP contribution is -2.08. The number of nitrogens with zero attached hydrogens (tertiary/aromatic N) is 1. The normalized spacial score (nSPS) is 11.0. The van der Waals surface area contributed by atoms with Crippen LogP contribution in [0.4, 0.5) is 13.2 Å². The minimum atomic E-state index is -4.58. The van der Waals surface area contributed by atoms with E-state index in [0.717, 1.165) is 22.2 Å². The zero-order chi connectivity index (χ0) is 15.5. The van der Waals surface area contributed by atoms with E-state index in [9.17, 15) is 13.2 Å². The van der Waals surface area contributed by atoms with E-state index in [1.54, 1.807) is 6.07 Å². The van der Waals surface area contributed by atoms with Gasteiger partial charge in [0.2, 0.25) is 0 Å². The molecule has 0 aliphatic rings. The molecule has 6 heteroatoms. The number of hydrogen-bond donors (Lipinski definition) is 0. The molecule has 0 saturated carbocycles. The van der Waals surface area contributed by atoms with Crippen LogP contribution in [0, 0.1) is 11.3 Å². The molecule has 0 atom stereocenters. The Morgan fingerprint density at radius 1 is 1.14 bits per heavy atom. The largest absolute Gasteiger partial charge is 0.489 e. The van der Waals surface area contributed by atoms with Crippen molar-refractivity contribution in [3.8, 4) is 11.8 Å². The lowest BCUT2D eigenvalue weighted by atomic mass is 10.1. The fourth-order valence-corrected chi connectivity index (χ4v) is 2.19. The van der Waals surface area contributed by atoms with Crippen molar-refractivity contribution in [2.24, 2.45) is 0 Å². The van der Waals surface area contributed by atoms with Crippen molar-refractivity contribution in [2.45, 2.75) is 12.8 Å². The van der Waals surface area contributed by atoms with E-state index in [4.69, 9.17) is 10.00 Å². The monoisotopic (exact) mass is 355 g/mol. The van der Waals surface area contributed by atoms with E-state index < -0.39 is 17.3 Å². The molecule has 2 rings (SSSR count). The molecule has 2 aromatic carbocycles. The Morgan fingerprint density at radius 3 is 2.52 bits per heavy atom. The van der Waals surface area contributed by atoms with Gasteiger partial charge in [-0.05, 0) is 35.9 Å². The fourth-order valence-electron chi connectivity index (χ4n) is 1.74. The number of rotatable bonds is 3. The lowest BCUT2D eigenvalue weighted by molar-refractivity contribution is -0.137. The molecule has 0 amide bonds. The van der Waals surface area contributed by atoms with Crippen LogP contribution in [0.15, 0.2) is 46.9 Å². The molecule has 0 saturated heterocycles. The highest BCUT2D eigenvalue weighted by Gasteiger charge is 2.34. The van der Waals surface area contributed by atoms with Gasteiger partial charge in [-0.1, -0.05) is 28.1 Å². The first kappa shape index (κ1) is 15.4. The van der Waals surface area contributed by atoms with Crippen LogP contribution in [0.5, 0.6) is 5.75 Å². The molecular formula is C15H9BrF3NO. The summed E-state index contributed by atoms with van der Waals surface area (Å²) >= 11 is 3.30. The van der Waals surface area contributed by atoms with E-state index in [1.807, 2.05) is 18.2 Å². The van der Waals surface area contributed by atoms with Gasteiger partial charge in [0, 0.05) is 4.47 Å². The topological polar surface area (TPSA) is 33.0 Å². The number of hydrogen-bond acceptors (Lipinski definition) is 2. The summed E-state index contributed by atoms with van der Waals surface area (Å²) in [4.78, 5) is 0. The average Bonchev–Trinajstić information content (AvgIpc) is 2.44. The molecule has 21 heavy (non-hydrogen) atoms. The quantitative estimate of drug-likeness (QED) is 0.782. The van der Waals surface area contributed by atoms with Gasteiger partial charge in [-0.15, -0.1) is 0 Å². The van der Waals surface area contributed by atoms with Crippen molar-refractivity contribution in [1.82, 2.24) is 0 Å². The summed E-state index contributed by atoms with van der Waals surface area (Å²) in [6.07, 6.45) is -4.58. The van der Waals surface area contributed by atoms with Gasteiger partial charge in [0.05, 0.1) is 17.2 Å². The van der Waals surface area contributed by atoms with Gasteiger partial charge in [-0.2, -0.15) is 18.4 Å². The van der Waals surface area contributed by atoms with Gasteiger partial charge < -0.3 is 4.74 Å². The van der Waals surface area contributed by atoms with Gasteiger partial charge in [-0.25, -0.2) is 0 Å². The van der Waals surface area contributed by atoms with Crippen LogP contribution in [0.25, 0.3) is 0 Å². The number of ether oxygens (including phenoxy) is 1. The highest BCUT2D eigenvalue weighted by atomic mass is 79.9. The first-order valence-electron chi connectivity index (χ1n) is 5.89. The maximum Gasteiger partial charge on any atom is 0.417 e. The zero-order valence-corrected chi connectivity index (χ0v) is 12.2. The summed E-state index contributed by atoms with van der Waals surface area (Å²) in [5.41, 5.74) is -0.587. The molecule has 0 radical (unpaired) electrons. The molecule has 2 nitrogen and oxygen atoms in total. The molecule has 0 N–H and O–H groups in total. The SMILES string of the molecule is N#Cc1ccc(OCc2cccc(Br)c2)cc1C(F)(F)F. The second kappa shape index (κ2) is 6.19. The molecule has 0 bridgehead atoms. The van der Waals surface area contributed by atoms with E-state index in [-0.39, 0.29) is 12.4 Å². The third kappa shape index (κ3) is 3.99. The van der Waals surface area contributed by atoms with Crippen LogP contribution >= 0.6 is 15.9 Å². The van der Waals surface area contributed by atoms with Crippen LogP contribution in [-0.4, -0.2) is 0 Å². The molecule has 0 spiro atoms. The van der Waals surface area contributed by atoms with E-state index >= 15 is 0 Å². The fraction of sp³-hybridized carbons (Fsp3) is 0.133. The van der Waals surface area contributed by atoms with E-state index in [2.05, 4.69) is 15.9 Å². The predicted octanol–water partition coefficient (Wildman–Crippen LogP) is 4.92. The molecular weight excluding hydrogens is 347 g/mol. The molecule has 2 aromatic rings. The lowest BCUT2D eigenvalue weighted by Gasteiger charge is -2.12. The average molecular weight is 356 g/mol. The molecule has 0 fully saturated rings. The summed E-state index contributed by atoms with van der Waals surface area (Å²) in [5, 5.41) is 8.72. The Morgan fingerprint density at radius 2 is 1.90 bits per heavy atom. The molecule has 0 aliphatic heterocycles. The minimum absolute atomic E-state index is 0.0706. The van der Waals surface area contributed by atoms with Gasteiger partial charge in [0.1, 0.15) is 12.4 Å². The number of nitriles is 1. The van der Waals surface area contributed by atoms with Crippen molar-refractivity contribution >= 4 is 15.9 Å². The predicted molar refractivity (Wildman–Crippen MR) is 74.6 cm³/mol. The minimum Gasteiger partial charge on any atom is -0.489 e. The number of benzene rings is 2. The van der Waals surface area contributed by atoms with Crippen molar-refractivity contribution < 1.29 is 17.9 Å². The van der Waals surface area contributed by atoms with E-state index in [1.165, 1.54) is 12.1 Å². The Kier molecular flexibility index (Phi) is 4.53. The standard InChI is InChI=1S/C15H9BrF3NO/c16-12-3-1-2-10(6-12)9-21-13-5-4-11(8-20)14(7-13)15(17,18)19/h1-7H,9H2. The summed E-state index contributed by atoms with van der Waals surface area (Å²) in [6, 6.07) is 12.1. The zero-order valence-electron chi connectivity index (χ0n) is 10.6. The highest BCUT2D eigenvalue weighted by molar-refractivity contribution is 9.10. The second-order valence-electron chi connectivity index (χ2n) is 4.24. The van der Waals surface area contributed by atoms with Crippen molar-refractivity contribution in [1.29, 1.82) is 5.26 Å². The number of halogens is 4. The number of alkyl halides is 3. The summed E-state index contributed by atoms with van der Waals surface area (Å²) in [6.45, 7) is 0.142. The third-order valence-corrected chi connectivity index (χ3v) is 3.20. The smallest absolute Gasteiger partial charge is 0.417 e. The molecule has 0 aliphatic carbocycles. The van der Waals surface area contributed by atoms with Gasteiger partial charge in [0.25, 0.3) is 0 Å². The van der Waals surface area contributed by atoms with E-state index in [0.29, 0.717) is 0 Å². The van der Waals surface area contributed by atoms with Crippen LogP contribution in [0.2, 0.25) is 0 Å². The second-order valence-corrected chi connectivity index (χ2v) is 5.15. The van der Waals surface area contributed by atoms with Gasteiger partial charge in [-0.3, -0.25) is 0 Å². The van der Waals surface area contributed by atoms with Crippen LogP contribution in [-0.2, 0) is 12.8 Å². The highest BCUT2D eigenvalue weighted by Crippen LogP contribution is 2.34. The van der Waals surface area contributed by atoms with Gasteiger partial charge in [0.15, 0.2) is 0 Å². The van der Waals surface area contributed by atoms with Crippen molar-refractivity contribution in [3.63, 3.8) is 0 Å². The van der Waals surface area contributed by atoms with Crippen molar-refractivity contribution in [2.75, 3.05) is 0 Å². The maximum atomic E-state index is 12.8. The Bertz CT molecular complexity index is 692. The van der Waals surface area contributed by atoms with Crippen LogP contribution < -0.4 is 4.74 Å². The van der Waals surface area contributed by atoms with Crippen molar-refractivity contribution in [3.05, 3.63) is 63.6 Å². The molecule has 0 heterocycles. The Labute approximate surface area is 127 Å². The van der Waals surface area contributed by atoms with Crippen LogP contribution in [0.1, 0.15) is 16.7 Å². The maximum absolute atomic E-state index is 12.8. The first-order valence-corrected chi connectivity index (χ1v) is 6.68. The molecule has 0 aromatic heterocycles. The summed E-state index contributed by atoms with van der Waals surface area (Å²) in [5.74, 6) is 0.0706. The molecule has 0 unspecified atom stereocenters. The summed E-state index contributed by atoms with van der Waals surface area (Å²) in [7, 11) is 0. The van der Waals surface area contributed by atoms with Crippen LogP contribution in [0.3, 0.4) is 0 Å². The Hall–Kier alpha value is -2.00. The summed E-state index contributed by atoms with van der Waals surface area (Å²) < 4.78 is 44.7.